The van der Waals surface area contributed by atoms with Crippen molar-refractivity contribution in [3.05, 3.63) is 53.3 Å². The molecular formula is C20H20FN3O. The number of fused-ring (bicyclic) bond motifs is 2. The van der Waals surface area contributed by atoms with Gasteiger partial charge in [-0.25, -0.2) is 9.37 Å². The second-order valence-electron chi connectivity index (χ2n) is 6.95. The van der Waals surface area contributed by atoms with Gasteiger partial charge in [0, 0.05) is 6.04 Å². The molecular weight excluding hydrogens is 317 g/mol. The number of aromatic nitrogens is 2. The van der Waals surface area contributed by atoms with Crippen LogP contribution in [-0.2, 0) is 6.42 Å². The van der Waals surface area contributed by atoms with Crippen molar-refractivity contribution in [2.75, 3.05) is 12.4 Å². The van der Waals surface area contributed by atoms with Crippen LogP contribution in [0, 0.1) is 5.82 Å². The first kappa shape index (κ1) is 14.8. The number of anilines is 1. The van der Waals surface area contributed by atoms with Gasteiger partial charge in [0.1, 0.15) is 0 Å². The van der Waals surface area contributed by atoms with E-state index in [-0.39, 0.29) is 11.9 Å². The molecule has 4 nitrogen and oxygen atoms in total. The highest BCUT2D eigenvalue weighted by Gasteiger charge is 2.31. The van der Waals surface area contributed by atoms with Crippen molar-refractivity contribution in [2.24, 2.45) is 0 Å². The van der Waals surface area contributed by atoms with Gasteiger partial charge in [-0.15, -0.1) is 0 Å². The lowest BCUT2D eigenvalue weighted by molar-refractivity contribution is 0.385. The number of nitrogens with zero attached hydrogens (tertiary/aromatic N) is 2. The molecule has 0 saturated heterocycles. The van der Waals surface area contributed by atoms with Crippen molar-refractivity contribution in [1.82, 2.24) is 9.55 Å². The van der Waals surface area contributed by atoms with Crippen molar-refractivity contribution in [2.45, 2.75) is 37.8 Å². The Morgan fingerprint density at radius 3 is 2.84 bits per heavy atom. The van der Waals surface area contributed by atoms with E-state index in [4.69, 9.17) is 9.72 Å². The van der Waals surface area contributed by atoms with Crippen LogP contribution in [0.5, 0.6) is 5.75 Å². The maximum absolute atomic E-state index is 14.0. The van der Waals surface area contributed by atoms with Crippen LogP contribution in [0.1, 0.15) is 42.5 Å². The first-order valence-corrected chi connectivity index (χ1v) is 8.84. The fourth-order valence-electron chi connectivity index (χ4n) is 3.92. The molecule has 2 aliphatic carbocycles. The Morgan fingerprint density at radius 2 is 2.04 bits per heavy atom. The predicted octanol–water partition coefficient (Wildman–Crippen LogP) is 4.62. The Morgan fingerprint density at radius 1 is 1.20 bits per heavy atom. The average molecular weight is 337 g/mol. The second kappa shape index (κ2) is 5.48. The SMILES string of the molecule is COc1cc2c(cc1F)CCC2Nc1nc2ccccc2n1C1CC1. The summed E-state index contributed by atoms with van der Waals surface area (Å²) in [5, 5.41) is 3.62. The molecule has 0 aliphatic heterocycles. The van der Waals surface area contributed by atoms with E-state index in [2.05, 4.69) is 28.1 Å². The summed E-state index contributed by atoms with van der Waals surface area (Å²) in [5.41, 5.74) is 4.38. The molecule has 0 bridgehead atoms. The number of benzene rings is 2. The highest BCUT2D eigenvalue weighted by Crippen LogP contribution is 2.42. The molecule has 25 heavy (non-hydrogen) atoms. The first-order valence-electron chi connectivity index (χ1n) is 8.84. The van der Waals surface area contributed by atoms with Gasteiger partial charge in [0.2, 0.25) is 5.95 Å². The van der Waals surface area contributed by atoms with E-state index in [1.54, 1.807) is 6.07 Å². The number of hydrogen-bond acceptors (Lipinski definition) is 3. The molecule has 1 N–H and O–H groups in total. The van der Waals surface area contributed by atoms with Crippen LogP contribution in [0.2, 0.25) is 0 Å². The first-order chi connectivity index (χ1) is 12.2. The Labute approximate surface area is 145 Å². The third kappa shape index (κ3) is 2.37. The standard InChI is InChI=1S/C20H20FN3O/c1-25-19-11-14-12(10-15(19)21)6-9-16(14)22-20-23-17-4-2-3-5-18(17)24(20)13-7-8-13/h2-5,10-11,13,16H,6-9H2,1H3,(H,22,23). The maximum atomic E-state index is 14.0. The third-order valence-corrected chi connectivity index (χ3v) is 5.30. The van der Waals surface area contributed by atoms with E-state index in [0.29, 0.717) is 11.8 Å². The molecule has 1 unspecified atom stereocenters. The largest absolute Gasteiger partial charge is 0.494 e. The Hall–Kier alpha value is -2.56. The summed E-state index contributed by atoms with van der Waals surface area (Å²) >= 11 is 0. The van der Waals surface area contributed by atoms with Crippen molar-refractivity contribution < 1.29 is 9.13 Å². The average Bonchev–Trinajstić information content (AvgIpc) is 3.29. The van der Waals surface area contributed by atoms with Crippen LogP contribution in [0.3, 0.4) is 0 Å². The molecule has 5 rings (SSSR count). The number of rotatable bonds is 4. The monoisotopic (exact) mass is 337 g/mol. The van der Waals surface area contributed by atoms with E-state index in [0.717, 1.165) is 35.4 Å². The van der Waals surface area contributed by atoms with Gasteiger partial charge in [-0.1, -0.05) is 12.1 Å². The van der Waals surface area contributed by atoms with Crippen LogP contribution in [0.25, 0.3) is 11.0 Å². The van der Waals surface area contributed by atoms with Crippen LogP contribution in [0.15, 0.2) is 36.4 Å². The summed E-state index contributed by atoms with van der Waals surface area (Å²) in [7, 11) is 1.51. The summed E-state index contributed by atoms with van der Waals surface area (Å²) in [6.07, 6.45) is 4.22. The van der Waals surface area contributed by atoms with Crippen LogP contribution >= 0.6 is 0 Å². The number of imidazole rings is 1. The number of aryl methyl sites for hydroxylation is 1. The molecule has 1 aromatic heterocycles. The van der Waals surface area contributed by atoms with Crippen LogP contribution in [-0.4, -0.2) is 16.7 Å². The summed E-state index contributed by atoms with van der Waals surface area (Å²) in [6, 6.07) is 12.4. The Kier molecular flexibility index (Phi) is 3.23. The zero-order chi connectivity index (χ0) is 17.0. The predicted molar refractivity (Wildman–Crippen MR) is 95.6 cm³/mol. The third-order valence-electron chi connectivity index (χ3n) is 5.30. The van der Waals surface area contributed by atoms with E-state index >= 15 is 0 Å². The lowest BCUT2D eigenvalue weighted by Crippen LogP contribution is -2.12. The lowest BCUT2D eigenvalue weighted by Gasteiger charge is -2.17. The maximum Gasteiger partial charge on any atom is 0.204 e. The van der Waals surface area contributed by atoms with Gasteiger partial charge in [0.15, 0.2) is 11.6 Å². The van der Waals surface area contributed by atoms with Crippen molar-refractivity contribution in [3.8, 4) is 5.75 Å². The van der Waals surface area contributed by atoms with Gasteiger partial charge in [-0.05, 0) is 61.1 Å². The summed E-state index contributed by atoms with van der Waals surface area (Å²) in [6.45, 7) is 0. The highest BCUT2D eigenvalue weighted by molar-refractivity contribution is 5.79. The summed E-state index contributed by atoms with van der Waals surface area (Å²) in [4.78, 5) is 4.82. The number of nitrogens with one attached hydrogen (secondary N) is 1. The van der Waals surface area contributed by atoms with Gasteiger partial charge in [0.05, 0.1) is 24.2 Å². The number of halogens is 1. The van der Waals surface area contributed by atoms with Crippen molar-refractivity contribution in [1.29, 1.82) is 0 Å². The van der Waals surface area contributed by atoms with Crippen molar-refractivity contribution in [3.63, 3.8) is 0 Å². The highest BCUT2D eigenvalue weighted by atomic mass is 19.1. The van der Waals surface area contributed by atoms with Crippen molar-refractivity contribution >= 4 is 17.0 Å². The number of methoxy groups -OCH3 is 1. The molecule has 2 aliphatic rings. The summed E-state index contributed by atoms with van der Waals surface area (Å²) in [5.74, 6) is 0.945. The molecule has 0 radical (unpaired) electrons. The molecule has 0 amide bonds. The van der Waals surface area contributed by atoms with Gasteiger partial charge in [-0.3, -0.25) is 0 Å². The fourth-order valence-corrected chi connectivity index (χ4v) is 3.92. The lowest BCUT2D eigenvalue weighted by atomic mass is 10.1. The van der Waals surface area contributed by atoms with Gasteiger partial charge < -0.3 is 14.6 Å². The number of ether oxygens (including phenoxy) is 1. The van der Waals surface area contributed by atoms with E-state index in [9.17, 15) is 4.39 Å². The molecule has 1 atom stereocenters. The minimum Gasteiger partial charge on any atom is -0.494 e. The van der Waals surface area contributed by atoms with Crippen LogP contribution < -0.4 is 10.1 Å². The zero-order valence-electron chi connectivity index (χ0n) is 14.1. The van der Waals surface area contributed by atoms with E-state index in [1.807, 2.05) is 12.1 Å². The molecule has 128 valence electrons. The van der Waals surface area contributed by atoms with Gasteiger partial charge in [-0.2, -0.15) is 0 Å². The smallest absolute Gasteiger partial charge is 0.204 e. The van der Waals surface area contributed by atoms with E-state index < -0.39 is 0 Å². The fraction of sp³-hybridized carbons (Fsp3) is 0.350. The molecule has 1 heterocycles. The molecule has 5 heteroatoms. The quantitative estimate of drug-likeness (QED) is 0.755. The normalized spacial score (nSPS) is 19.2. The topological polar surface area (TPSA) is 39.1 Å². The Balaban J connectivity index is 1.54. The molecule has 1 saturated carbocycles. The number of para-hydroxylation sites is 2. The van der Waals surface area contributed by atoms with Gasteiger partial charge >= 0.3 is 0 Å². The minimum absolute atomic E-state index is 0.138. The van der Waals surface area contributed by atoms with Gasteiger partial charge in [0.25, 0.3) is 0 Å². The molecule has 1 fully saturated rings. The second-order valence-corrected chi connectivity index (χ2v) is 6.95. The minimum atomic E-state index is -0.285. The Bertz CT molecular complexity index is 961. The number of hydrogen-bond donors (Lipinski definition) is 1. The molecule has 2 aromatic carbocycles. The molecule has 0 spiro atoms. The summed E-state index contributed by atoms with van der Waals surface area (Å²) < 4.78 is 21.4. The zero-order valence-corrected chi connectivity index (χ0v) is 14.1. The molecule has 3 aromatic rings. The van der Waals surface area contributed by atoms with E-state index in [1.165, 1.54) is 25.5 Å². The van der Waals surface area contributed by atoms with Crippen LogP contribution in [0.4, 0.5) is 10.3 Å².